The number of ether oxygens (including phenoxy) is 1. The van der Waals surface area contributed by atoms with Crippen LogP contribution in [0.3, 0.4) is 0 Å². The van der Waals surface area contributed by atoms with E-state index in [4.69, 9.17) is 9.15 Å². The molecule has 0 bridgehead atoms. The van der Waals surface area contributed by atoms with Crippen molar-refractivity contribution < 1.29 is 9.15 Å². The normalized spacial score (nSPS) is 11.9. The lowest BCUT2D eigenvalue weighted by Gasteiger charge is -2.28. The van der Waals surface area contributed by atoms with E-state index in [-0.39, 0.29) is 0 Å². The van der Waals surface area contributed by atoms with Gasteiger partial charge < -0.3 is 14.1 Å². The van der Waals surface area contributed by atoms with E-state index in [1.165, 1.54) is 22.1 Å². The molecule has 43 heavy (non-hydrogen) atoms. The molecule has 3 nitrogen and oxygen atoms in total. The predicted molar refractivity (Wildman–Crippen MR) is 177 cm³/mol. The summed E-state index contributed by atoms with van der Waals surface area (Å²) in [5.74, 6) is 1.71. The van der Waals surface area contributed by atoms with Crippen LogP contribution < -0.4 is 9.64 Å². The zero-order valence-corrected chi connectivity index (χ0v) is 23.2. The molecule has 0 atom stereocenters. The molecule has 0 aliphatic carbocycles. The Morgan fingerprint density at radius 3 is 2.05 bits per heavy atom. The molecular formula is C40H25NO2. The van der Waals surface area contributed by atoms with Crippen LogP contribution in [0.25, 0.3) is 55.0 Å². The van der Waals surface area contributed by atoms with Gasteiger partial charge in [-0.25, -0.2) is 0 Å². The molecule has 0 saturated heterocycles. The molecule has 0 amide bonds. The molecule has 0 spiro atoms. The number of rotatable bonds is 4. The molecule has 1 aliphatic heterocycles. The summed E-state index contributed by atoms with van der Waals surface area (Å²) in [6.07, 6.45) is 0. The number of hydrogen-bond donors (Lipinski definition) is 0. The van der Waals surface area contributed by atoms with Crippen LogP contribution in [0.5, 0.6) is 11.5 Å². The summed E-state index contributed by atoms with van der Waals surface area (Å²) in [6, 6.07) is 52.9. The zero-order chi connectivity index (χ0) is 28.3. The molecule has 0 unspecified atom stereocenters. The number of hydrogen-bond acceptors (Lipinski definition) is 3. The van der Waals surface area contributed by atoms with Gasteiger partial charge in [-0.05, 0) is 64.5 Å². The predicted octanol–water partition coefficient (Wildman–Crippen LogP) is 11.6. The van der Waals surface area contributed by atoms with Crippen molar-refractivity contribution in [3.05, 3.63) is 152 Å². The minimum Gasteiger partial charge on any atom is -0.456 e. The molecule has 202 valence electrons. The van der Waals surface area contributed by atoms with E-state index in [9.17, 15) is 0 Å². The largest absolute Gasteiger partial charge is 0.456 e. The number of anilines is 3. The maximum Gasteiger partial charge on any atom is 0.159 e. The van der Waals surface area contributed by atoms with E-state index in [1.807, 2.05) is 18.2 Å². The van der Waals surface area contributed by atoms with Crippen molar-refractivity contribution in [2.24, 2.45) is 0 Å². The SMILES string of the molecule is c1ccc(-c2ccc3c4c(cccc24)-c2ccc(N(c4ccccc4)c4cccc5c4oc4ccccc45)cc2O3)cc1. The van der Waals surface area contributed by atoms with Gasteiger partial charge in [-0.3, -0.25) is 0 Å². The Morgan fingerprint density at radius 1 is 0.442 bits per heavy atom. The first-order valence-electron chi connectivity index (χ1n) is 14.5. The Morgan fingerprint density at radius 2 is 1.16 bits per heavy atom. The van der Waals surface area contributed by atoms with Gasteiger partial charge in [0, 0.05) is 33.5 Å². The van der Waals surface area contributed by atoms with E-state index in [2.05, 4.69) is 138 Å². The lowest BCUT2D eigenvalue weighted by Crippen LogP contribution is -2.10. The lowest BCUT2D eigenvalue weighted by atomic mass is 9.90. The van der Waals surface area contributed by atoms with Crippen molar-refractivity contribution in [3.8, 4) is 33.8 Å². The Hall–Kier alpha value is -5.80. The van der Waals surface area contributed by atoms with Crippen molar-refractivity contribution in [1.29, 1.82) is 0 Å². The average molecular weight is 552 g/mol. The molecule has 7 aromatic carbocycles. The summed E-state index contributed by atoms with van der Waals surface area (Å²) in [6.45, 7) is 0. The molecule has 0 saturated carbocycles. The molecule has 0 radical (unpaired) electrons. The standard InChI is InChI=1S/C40H25NO2/c1-3-11-26(12-4-1)29-23-24-37-39-32(29)16-9-17-33(39)31-22-21-28(25-38(31)42-37)41(27-13-5-2-6-14-27)35-19-10-18-34-30-15-7-8-20-36(30)43-40(34)35/h1-25H. The van der Waals surface area contributed by atoms with Gasteiger partial charge in [0.15, 0.2) is 5.58 Å². The molecule has 3 heteroatoms. The second-order valence-electron chi connectivity index (χ2n) is 10.9. The Bertz CT molecular complexity index is 2320. The number of fused-ring (bicyclic) bond motifs is 5. The monoisotopic (exact) mass is 551 g/mol. The highest BCUT2D eigenvalue weighted by Gasteiger charge is 2.25. The first-order valence-corrected chi connectivity index (χ1v) is 14.5. The number of benzene rings is 7. The summed E-state index contributed by atoms with van der Waals surface area (Å²) in [4.78, 5) is 2.25. The van der Waals surface area contributed by atoms with Crippen LogP contribution >= 0.6 is 0 Å². The summed E-state index contributed by atoms with van der Waals surface area (Å²) < 4.78 is 13.2. The minimum absolute atomic E-state index is 0.836. The van der Waals surface area contributed by atoms with Crippen LogP contribution in [0.1, 0.15) is 0 Å². The second-order valence-corrected chi connectivity index (χ2v) is 10.9. The summed E-state index contributed by atoms with van der Waals surface area (Å²) in [5, 5.41) is 4.55. The Kier molecular flexibility index (Phi) is 5.20. The summed E-state index contributed by atoms with van der Waals surface area (Å²) in [7, 11) is 0. The lowest BCUT2D eigenvalue weighted by molar-refractivity contribution is 0.487. The maximum atomic E-state index is 6.69. The molecule has 1 aliphatic rings. The Labute approximate surface area is 248 Å². The van der Waals surface area contributed by atoms with Crippen LogP contribution in [0.15, 0.2) is 156 Å². The van der Waals surface area contributed by atoms with Crippen molar-refractivity contribution in [2.45, 2.75) is 0 Å². The first-order chi connectivity index (χ1) is 21.3. The van der Waals surface area contributed by atoms with E-state index in [1.54, 1.807) is 0 Å². The maximum absolute atomic E-state index is 6.69. The fourth-order valence-electron chi connectivity index (χ4n) is 6.54. The van der Waals surface area contributed by atoms with Crippen molar-refractivity contribution in [3.63, 3.8) is 0 Å². The highest BCUT2D eigenvalue weighted by atomic mass is 16.5. The molecule has 0 N–H and O–H groups in total. The zero-order valence-electron chi connectivity index (χ0n) is 23.2. The van der Waals surface area contributed by atoms with Crippen molar-refractivity contribution >= 4 is 49.8 Å². The highest BCUT2D eigenvalue weighted by Crippen LogP contribution is 2.51. The van der Waals surface area contributed by atoms with E-state index in [0.717, 1.165) is 61.4 Å². The third-order valence-corrected chi connectivity index (χ3v) is 8.46. The highest BCUT2D eigenvalue weighted by molar-refractivity contribution is 6.11. The smallest absolute Gasteiger partial charge is 0.159 e. The van der Waals surface area contributed by atoms with Gasteiger partial charge in [-0.1, -0.05) is 103 Å². The van der Waals surface area contributed by atoms with Crippen molar-refractivity contribution in [2.75, 3.05) is 4.90 Å². The van der Waals surface area contributed by atoms with E-state index in [0.29, 0.717) is 0 Å². The third kappa shape index (κ3) is 3.68. The summed E-state index contributed by atoms with van der Waals surface area (Å²) in [5.41, 5.74) is 9.43. The van der Waals surface area contributed by atoms with Crippen LogP contribution in [0.2, 0.25) is 0 Å². The fourth-order valence-corrected chi connectivity index (χ4v) is 6.54. The van der Waals surface area contributed by atoms with Crippen LogP contribution in [0, 0.1) is 0 Å². The Balaban J connectivity index is 1.23. The van der Waals surface area contributed by atoms with Gasteiger partial charge in [0.1, 0.15) is 17.1 Å². The van der Waals surface area contributed by atoms with E-state index < -0.39 is 0 Å². The van der Waals surface area contributed by atoms with E-state index >= 15 is 0 Å². The molecule has 2 heterocycles. The van der Waals surface area contributed by atoms with Gasteiger partial charge in [0.2, 0.25) is 0 Å². The van der Waals surface area contributed by atoms with Crippen LogP contribution in [0.4, 0.5) is 17.1 Å². The fraction of sp³-hybridized carbons (Fsp3) is 0. The first kappa shape index (κ1) is 23.9. The van der Waals surface area contributed by atoms with Crippen LogP contribution in [-0.4, -0.2) is 0 Å². The van der Waals surface area contributed by atoms with Gasteiger partial charge in [-0.2, -0.15) is 0 Å². The molecule has 0 fully saturated rings. The number of para-hydroxylation sites is 3. The molecule has 1 aromatic heterocycles. The third-order valence-electron chi connectivity index (χ3n) is 8.46. The summed E-state index contributed by atoms with van der Waals surface area (Å²) >= 11 is 0. The quantitative estimate of drug-likeness (QED) is 0.218. The number of furan rings is 1. The van der Waals surface area contributed by atoms with Gasteiger partial charge in [0.25, 0.3) is 0 Å². The molecular weight excluding hydrogens is 526 g/mol. The number of nitrogens with zero attached hydrogens (tertiary/aromatic N) is 1. The van der Waals surface area contributed by atoms with Gasteiger partial charge in [0.05, 0.1) is 11.4 Å². The molecule has 8 aromatic rings. The minimum atomic E-state index is 0.836. The topological polar surface area (TPSA) is 25.6 Å². The van der Waals surface area contributed by atoms with Gasteiger partial charge in [-0.15, -0.1) is 0 Å². The van der Waals surface area contributed by atoms with Crippen molar-refractivity contribution in [1.82, 2.24) is 0 Å². The molecule has 9 rings (SSSR count). The van der Waals surface area contributed by atoms with Crippen LogP contribution in [-0.2, 0) is 0 Å². The van der Waals surface area contributed by atoms with Gasteiger partial charge >= 0.3 is 0 Å². The second kappa shape index (κ2) is 9.37. The average Bonchev–Trinajstić information content (AvgIpc) is 3.46.